The van der Waals surface area contributed by atoms with E-state index >= 15 is 0 Å². The molecule has 1 heterocycles. The molecule has 0 aliphatic heterocycles. The van der Waals surface area contributed by atoms with Crippen LogP contribution >= 0.6 is 22.6 Å². The van der Waals surface area contributed by atoms with Gasteiger partial charge in [0.25, 0.3) is 5.91 Å². The maximum absolute atomic E-state index is 12.9. The lowest BCUT2D eigenvalue weighted by atomic mass is 10.1. The average Bonchev–Trinajstić information content (AvgIpc) is 3.45. The number of esters is 1. The molecule has 0 unspecified atom stereocenters. The van der Waals surface area contributed by atoms with E-state index < -0.39 is 24.0 Å². The first-order valence-corrected chi connectivity index (χ1v) is 13.5. The largest absolute Gasteiger partial charge is 0.490 e. The number of aromatic amines is 1. The topological polar surface area (TPSA) is 153 Å². The summed E-state index contributed by atoms with van der Waals surface area (Å²) >= 11 is 2.06. The minimum Gasteiger partial charge on any atom is -0.490 e. The Bertz CT molecular complexity index is 1290. The van der Waals surface area contributed by atoms with Crippen molar-refractivity contribution in [3.05, 3.63) is 75.4 Å². The number of hydrogen-bond acceptors (Lipinski definition) is 9. The number of H-pyrrole nitrogens is 1. The first kappa shape index (κ1) is 30.4. The predicted molar refractivity (Wildman–Crippen MR) is 154 cm³/mol. The molecule has 40 heavy (non-hydrogen) atoms. The molecule has 3 aromatic rings. The summed E-state index contributed by atoms with van der Waals surface area (Å²) in [5.74, 6) is -0.242. The highest BCUT2D eigenvalue weighted by atomic mass is 127. The van der Waals surface area contributed by atoms with Crippen molar-refractivity contribution in [2.24, 2.45) is 5.10 Å². The summed E-state index contributed by atoms with van der Waals surface area (Å²) in [5, 5.41) is 6.63. The smallest absolute Gasteiger partial charge is 0.408 e. The number of rotatable bonds is 14. The molecule has 13 heteroatoms. The quantitative estimate of drug-likeness (QED) is 0.103. The molecule has 212 valence electrons. The highest BCUT2D eigenvalue weighted by Gasteiger charge is 2.23. The maximum Gasteiger partial charge on any atom is 0.408 e. The molecule has 1 aromatic heterocycles. The van der Waals surface area contributed by atoms with Crippen LogP contribution in [-0.4, -0.2) is 60.0 Å². The van der Waals surface area contributed by atoms with Crippen LogP contribution in [0.4, 0.5) is 4.79 Å². The van der Waals surface area contributed by atoms with Crippen LogP contribution in [0, 0.1) is 3.57 Å². The van der Waals surface area contributed by atoms with Gasteiger partial charge in [-0.1, -0.05) is 30.3 Å². The summed E-state index contributed by atoms with van der Waals surface area (Å²) in [5.41, 5.74) is 4.52. The van der Waals surface area contributed by atoms with Crippen molar-refractivity contribution in [2.45, 2.75) is 32.9 Å². The van der Waals surface area contributed by atoms with E-state index in [1.54, 1.807) is 25.3 Å². The standard InChI is InChI=1S/C27H30IN5O7/c1-3-37-23-11-19(10-21(28)25(23)39-16-24(34)38-4-2)13-31-33-26(35)22(12-20-14-29-17-30-20)32-27(36)40-15-18-8-6-5-7-9-18/h5-11,13-14,17,22H,3-4,12,15-16H2,1-2H3,(H,29,30)(H,32,36)(H,33,35)/b31-13-/t22-/m0/s1. The number of alkyl carbamates (subject to hydrolysis) is 1. The number of aromatic nitrogens is 2. The average molecular weight is 663 g/mol. The van der Waals surface area contributed by atoms with Crippen LogP contribution in [-0.2, 0) is 32.1 Å². The van der Waals surface area contributed by atoms with Crippen molar-refractivity contribution >= 4 is 46.8 Å². The maximum atomic E-state index is 12.9. The molecule has 3 N–H and O–H groups in total. The third-order valence-corrected chi connectivity index (χ3v) is 5.96. The summed E-state index contributed by atoms with van der Waals surface area (Å²) in [4.78, 5) is 43.9. The number of amides is 2. The van der Waals surface area contributed by atoms with Gasteiger partial charge < -0.3 is 29.2 Å². The van der Waals surface area contributed by atoms with Gasteiger partial charge in [-0.2, -0.15) is 5.10 Å². The molecular formula is C27H30IN5O7. The lowest BCUT2D eigenvalue weighted by Gasteiger charge is -2.16. The van der Waals surface area contributed by atoms with Crippen LogP contribution in [0.5, 0.6) is 11.5 Å². The molecular weight excluding hydrogens is 633 g/mol. The van der Waals surface area contributed by atoms with Gasteiger partial charge in [0, 0.05) is 18.3 Å². The van der Waals surface area contributed by atoms with Gasteiger partial charge in [-0.05, 0) is 59.7 Å². The first-order chi connectivity index (χ1) is 19.4. The Morgan fingerprint density at radius 1 is 1.10 bits per heavy atom. The normalized spacial score (nSPS) is 11.5. The number of carbonyl (C=O) groups excluding carboxylic acids is 3. The molecule has 0 bridgehead atoms. The number of hydrazone groups is 1. The van der Waals surface area contributed by atoms with Gasteiger partial charge in [0.05, 0.1) is 29.3 Å². The van der Waals surface area contributed by atoms with Crippen molar-refractivity contribution in [3.8, 4) is 11.5 Å². The number of benzene rings is 2. The fraction of sp³-hybridized carbons (Fsp3) is 0.296. The Hall–Kier alpha value is -4.14. The van der Waals surface area contributed by atoms with E-state index in [-0.39, 0.29) is 26.2 Å². The van der Waals surface area contributed by atoms with E-state index in [0.717, 1.165) is 5.56 Å². The Morgan fingerprint density at radius 2 is 1.90 bits per heavy atom. The van der Waals surface area contributed by atoms with Crippen molar-refractivity contribution in [2.75, 3.05) is 19.8 Å². The SMILES string of the molecule is CCOC(=O)COc1c(I)cc(/C=N\NC(=O)[C@H](Cc2cnc[nH]2)NC(=O)OCc2ccccc2)cc1OCC. The molecule has 3 rings (SSSR count). The van der Waals surface area contributed by atoms with Crippen LogP contribution in [0.3, 0.4) is 0 Å². The minimum atomic E-state index is -0.987. The molecule has 0 spiro atoms. The van der Waals surface area contributed by atoms with Gasteiger partial charge >= 0.3 is 12.1 Å². The molecule has 2 aromatic carbocycles. The third-order valence-electron chi connectivity index (χ3n) is 5.16. The van der Waals surface area contributed by atoms with Crippen molar-refractivity contribution in [1.82, 2.24) is 20.7 Å². The molecule has 0 aliphatic rings. The van der Waals surface area contributed by atoms with Gasteiger partial charge in [-0.25, -0.2) is 20.0 Å². The van der Waals surface area contributed by atoms with E-state index in [1.807, 2.05) is 37.3 Å². The highest BCUT2D eigenvalue weighted by Crippen LogP contribution is 2.34. The zero-order chi connectivity index (χ0) is 28.7. The van der Waals surface area contributed by atoms with E-state index in [1.165, 1.54) is 12.5 Å². The number of carbonyl (C=O) groups is 3. The van der Waals surface area contributed by atoms with Crippen molar-refractivity contribution in [1.29, 1.82) is 0 Å². The summed E-state index contributed by atoms with van der Waals surface area (Å²) < 4.78 is 22.1. The van der Waals surface area contributed by atoms with Gasteiger partial charge in [0.2, 0.25) is 0 Å². The summed E-state index contributed by atoms with van der Waals surface area (Å²) in [6.45, 7) is 3.96. The number of nitrogens with one attached hydrogen (secondary N) is 3. The van der Waals surface area contributed by atoms with E-state index in [2.05, 4.69) is 48.4 Å². The molecule has 0 saturated carbocycles. The third kappa shape index (κ3) is 9.87. The summed E-state index contributed by atoms with van der Waals surface area (Å²) in [6.07, 6.45) is 3.86. The first-order valence-electron chi connectivity index (χ1n) is 12.4. The molecule has 0 radical (unpaired) electrons. The van der Waals surface area contributed by atoms with E-state index in [4.69, 9.17) is 18.9 Å². The zero-order valence-electron chi connectivity index (χ0n) is 22.0. The molecule has 0 saturated heterocycles. The summed E-state index contributed by atoms with van der Waals surface area (Å²) in [6, 6.07) is 11.6. The minimum absolute atomic E-state index is 0.0590. The molecule has 1 atom stereocenters. The Labute approximate surface area is 245 Å². The number of halogens is 1. The van der Waals surface area contributed by atoms with Gasteiger partial charge in [0.1, 0.15) is 12.6 Å². The number of nitrogens with zero attached hydrogens (tertiary/aromatic N) is 2. The van der Waals surface area contributed by atoms with Crippen LogP contribution in [0.2, 0.25) is 0 Å². The van der Waals surface area contributed by atoms with Gasteiger partial charge in [-0.3, -0.25) is 4.79 Å². The predicted octanol–water partition coefficient (Wildman–Crippen LogP) is 3.34. The highest BCUT2D eigenvalue weighted by molar-refractivity contribution is 14.1. The van der Waals surface area contributed by atoms with E-state index in [9.17, 15) is 14.4 Å². The van der Waals surface area contributed by atoms with Crippen LogP contribution < -0.4 is 20.2 Å². The second-order valence-corrected chi connectivity index (χ2v) is 9.29. The van der Waals surface area contributed by atoms with Crippen LogP contribution in [0.25, 0.3) is 0 Å². The van der Waals surface area contributed by atoms with Crippen LogP contribution in [0.15, 0.2) is 60.1 Å². The lowest BCUT2D eigenvalue weighted by molar-refractivity contribution is -0.145. The molecule has 12 nitrogen and oxygen atoms in total. The van der Waals surface area contributed by atoms with Crippen molar-refractivity contribution in [3.63, 3.8) is 0 Å². The lowest BCUT2D eigenvalue weighted by Crippen LogP contribution is -2.47. The van der Waals surface area contributed by atoms with Crippen LogP contribution in [0.1, 0.15) is 30.7 Å². The fourth-order valence-corrected chi connectivity index (χ4v) is 4.16. The second kappa shape index (κ2) is 16.1. The Morgan fingerprint density at radius 3 is 2.60 bits per heavy atom. The monoisotopic (exact) mass is 663 g/mol. The second-order valence-electron chi connectivity index (χ2n) is 8.13. The molecule has 0 aliphatic carbocycles. The number of ether oxygens (including phenoxy) is 4. The number of imidazole rings is 1. The zero-order valence-corrected chi connectivity index (χ0v) is 24.2. The van der Waals surface area contributed by atoms with Gasteiger partial charge in [0.15, 0.2) is 18.1 Å². The van der Waals surface area contributed by atoms with Crippen molar-refractivity contribution < 1.29 is 33.3 Å². The van der Waals surface area contributed by atoms with Gasteiger partial charge in [-0.15, -0.1) is 0 Å². The summed E-state index contributed by atoms with van der Waals surface area (Å²) in [7, 11) is 0. The number of hydrogen-bond donors (Lipinski definition) is 3. The Kier molecular flexibility index (Phi) is 12.2. The Balaban J connectivity index is 1.65. The van der Waals surface area contributed by atoms with E-state index in [0.29, 0.717) is 32.9 Å². The molecule has 2 amide bonds. The molecule has 0 fully saturated rings. The fourth-order valence-electron chi connectivity index (χ4n) is 3.38.